The molecular formula is C16H19N3O3. The average Bonchev–Trinajstić information content (AvgIpc) is 2.93. The number of hydrogen-bond donors (Lipinski definition) is 0. The van der Waals surface area contributed by atoms with Crippen molar-refractivity contribution in [1.82, 2.24) is 14.3 Å². The number of ether oxygens (including phenoxy) is 1. The Morgan fingerprint density at radius 3 is 2.77 bits per heavy atom. The highest BCUT2D eigenvalue weighted by molar-refractivity contribution is 5.77. The third-order valence-electron chi connectivity index (χ3n) is 4.16. The van der Waals surface area contributed by atoms with Gasteiger partial charge < -0.3 is 9.30 Å². The van der Waals surface area contributed by atoms with Crippen molar-refractivity contribution in [2.45, 2.75) is 39.2 Å². The van der Waals surface area contributed by atoms with Gasteiger partial charge in [-0.05, 0) is 26.8 Å². The minimum absolute atomic E-state index is 0.121. The molecule has 0 radical (unpaired) electrons. The van der Waals surface area contributed by atoms with Gasteiger partial charge in [-0.15, -0.1) is 0 Å². The van der Waals surface area contributed by atoms with Crippen LogP contribution in [0.5, 0.6) is 5.75 Å². The van der Waals surface area contributed by atoms with Crippen LogP contribution in [-0.2, 0) is 11.8 Å². The molecule has 0 N–H and O–H groups in total. The zero-order chi connectivity index (χ0) is 16.0. The maximum Gasteiger partial charge on any atom is 0.312 e. The highest BCUT2D eigenvalue weighted by atomic mass is 16.5. The topological polar surface area (TPSA) is 66.1 Å². The molecule has 1 aliphatic heterocycles. The Morgan fingerprint density at radius 2 is 2.09 bits per heavy atom. The monoisotopic (exact) mass is 301 g/mol. The van der Waals surface area contributed by atoms with Crippen molar-refractivity contribution in [3.05, 3.63) is 45.6 Å². The standard InChI is InChI=1S/C16H19N3O3/c1-9(2)19-12(5-6-17-19)11-8-14(20)22-13-7-10(3)18(4)16(21)15(11)13/h5-7,9,11H,8H2,1-4H3/t11-/m1/s1. The van der Waals surface area contributed by atoms with Gasteiger partial charge in [-0.1, -0.05) is 0 Å². The van der Waals surface area contributed by atoms with Crippen LogP contribution in [0.15, 0.2) is 23.1 Å². The fourth-order valence-electron chi connectivity index (χ4n) is 2.93. The molecule has 1 atom stereocenters. The van der Waals surface area contributed by atoms with Gasteiger partial charge in [-0.3, -0.25) is 14.3 Å². The first-order valence-electron chi connectivity index (χ1n) is 7.34. The van der Waals surface area contributed by atoms with Gasteiger partial charge in [0.15, 0.2) is 0 Å². The van der Waals surface area contributed by atoms with Gasteiger partial charge in [0.2, 0.25) is 0 Å². The predicted octanol–water partition coefficient (Wildman–Crippen LogP) is 1.91. The first kappa shape index (κ1) is 14.6. The quantitative estimate of drug-likeness (QED) is 0.795. The van der Waals surface area contributed by atoms with Crippen LogP contribution in [0.3, 0.4) is 0 Å². The molecule has 2 aromatic heterocycles. The Kier molecular flexibility index (Phi) is 3.39. The molecule has 0 amide bonds. The normalized spacial score (nSPS) is 17.5. The predicted molar refractivity (Wildman–Crippen MR) is 81.1 cm³/mol. The number of carbonyl (C=O) groups excluding carboxylic acids is 1. The SMILES string of the molecule is Cc1cc2c(c(=O)n1C)[C@@H](c1ccnn1C(C)C)CC(=O)O2. The fourth-order valence-corrected chi connectivity index (χ4v) is 2.93. The number of pyridine rings is 1. The van der Waals surface area contributed by atoms with E-state index in [2.05, 4.69) is 5.10 Å². The number of nitrogens with zero attached hydrogens (tertiary/aromatic N) is 3. The van der Waals surface area contributed by atoms with E-state index in [1.54, 1.807) is 23.9 Å². The molecule has 0 aliphatic carbocycles. The largest absolute Gasteiger partial charge is 0.426 e. The Bertz CT molecular complexity index is 801. The number of aromatic nitrogens is 3. The molecule has 0 fully saturated rings. The summed E-state index contributed by atoms with van der Waals surface area (Å²) < 4.78 is 8.73. The van der Waals surface area contributed by atoms with Gasteiger partial charge >= 0.3 is 5.97 Å². The molecule has 22 heavy (non-hydrogen) atoms. The van der Waals surface area contributed by atoms with Crippen LogP contribution >= 0.6 is 0 Å². The second-order valence-electron chi connectivity index (χ2n) is 5.95. The van der Waals surface area contributed by atoms with Crippen molar-refractivity contribution in [1.29, 1.82) is 0 Å². The molecule has 6 heteroatoms. The summed E-state index contributed by atoms with van der Waals surface area (Å²) in [5, 5.41) is 4.31. The van der Waals surface area contributed by atoms with Gasteiger partial charge in [0.1, 0.15) is 5.75 Å². The Labute approximate surface area is 128 Å². The van der Waals surface area contributed by atoms with Crippen molar-refractivity contribution < 1.29 is 9.53 Å². The lowest BCUT2D eigenvalue weighted by Gasteiger charge is -2.26. The molecule has 0 aromatic carbocycles. The van der Waals surface area contributed by atoms with Crippen molar-refractivity contribution in [2.24, 2.45) is 7.05 Å². The van der Waals surface area contributed by atoms with Crippen molar-refractivity contribution in [3.63, 3.8) is 0 Å². The lowest BCUT2D eigenvalue weighted by Crippen LogP contribution is -2.33. The number of aryl methyl sites for hydroxylation is 1. The zero-order valence-corrected chi connectivity index (χ0v) is 13.2. The molecule has 3 heterocycles. The fraction of sp³-hybridized carbons (Fsp3) is 0.438. The second-order valence-corrected chi connectivity index (χ2v) is 5.95. The van der Waals surface area contributed by atoms with E-state index in [0.717, 1.165) is 11.4 Å². The molecular weight excluding hydrogens is 282 g/mol. The maximum atomic E-state index is 12.7. The van der Waals surface area contributed by atoms with E-state index in [0.29, 0.717) is 11.3 Å². The van der Waals surface area contributed by atoms with E-state index >= 15 is 0 Å². The van der Waals surface area contributed by atoms with E-state index in [1.807, 2.05) is 31.5 Å². The van der Waals surface area contributed by atoms with Gasteiger partial charge in [-0.25, -0.2) is 0 Å². The van der Waals surface area contributed by atoms with Crippen LogP contribution in [0.4, 0.5) is 0 Å². The Balaban J connectivity index is 2.24. The van der Waals surface area contributed by atoms with Gasteiger partial charge in [0, 0.05) is 42.7 Å². The summed E-state index contributed by atoms with van der Waals surface area (Å²) in [7, 11) is 1.73. The summed E-state index contributed by atoms with van der Waals surface area (Å²) in [6, 6.07) is 3.77. The van der Waals surface area contributed by atoms with E-state index in [-0.39, 0.29) is 29.9 Å². The van der Waals surface area contributed by atoms with Crippen molar-refractivity contribution >= 4 is 5.97 Å². The summed E-state index contributed by atoms with van der Waals surface area (Å²) in [6.07, 6.45) is 1.86. The highest BCUT2D eigenvalue weighted by Gasteiger charge is 2.34. The van der Waals surface area contributed by atoms with Crippen molar-refractivity contribution in [2.75, 3.05) is 0 Å². The molecule has 0 saturated heterocycles. The summed E-state index contributed by atoms with van der Waals surface area (Å²) in [6.45, 7) is 5.86. The summed E-state index contributed by atoms with van der Waals surface area (Å²) in [5.74, 6) is -0.263. The third kappa shape index (κ3) is 2.15. The number of esters is 1. The van der Waals surface area contributed by atoms with Gasteiger partial charge in [0.05, 0.1) is 12.0 Å². The van der Waals surface area contributed by atoms with Gasteiger partial charge in [-0.2, -0.15) is 5.10 Å². The van der Waals surface area contributed by atoms with Crippen LogP contribution in [0.2, 0.25) is 0 Å². The minimum Gasteiger partial charge on any atom is -0.426 e. The molecule has 3 rings (SSSR count). The molecule has 2 aromatic rings. The number of hydrogen-bond acceptors (Lipinski definition) is 4. The summed E-state index contributed by atoms with van der Waals surface area (Å²) >= 11 is 0. The molecule has 1 aliphatic rings. The third-order valence-corrected chi connectivity index (χ3v) is 4.16. The van der Waals surface area contributed by atoms with E-state index in [9.17, 15) is 9.59 Å². The summed E-state index contributed by atoms with van der Waals surface area (Å²) in [5.41, 5.74) is 2.04. The molecule has 116 valence electrons. The minimum atomic E-state index is -0.319. The maximum absolute atomic E-state index is 12.7. The molecule has 0 spiro atoms. The first-order chi connectivity index (χ1) is 10.4. The lowest BCUT2D eigenvalue weighted by molar-refractivity contribution is -0.135. The first-order valence-corrected chi connectivity index (χ1v) is 7.34. The van der Waals surface area contributed by atoms with E-state index < -0.39 is 0 Å². The van der Waals surface area contributed by atoms with Gasteiger partial charge in [0.25, 0.3) is 5.56 Å². The summed E-state index contributed by atoms with van der Waals surface area (Å²) in [4.78, 5) is 24.6. The number of carbonyl (C=O) groups is 1. The number of fused-ring (bicyclic) bond motifs is 1. The van der Waals surface area contributed by atoms with E-state index in [4.69, 9.17) is 4.74 Å². The number of rotatable bonds is 2. The highest BCUT2D eigenvalue weighted by Crippen LogP contribution is 2.37. The van der Waals surface area contributed by atoms with Crippen LogP contribution < -0.4 is 10.3 Å². The Morgan fingerprint density at radius 1 is 1.36 bits per heavy atom. The van der Waals surface area contributed by atoms with E-state index in [1.165, 1.54) is 0 Å². The molecule has 0 bridgehead atoms. The second kappa shape index (κ2) is 5.12. The smallest absolute Gasteiger partial charge is 0.312 e. The zero-order valence-electron chi connectivity index (χ0n) is 13.2. The average molecular weight is 301 g/mol. The lowest BCUT2D eigenvalue weighted by atomic mass is 9.90. The molecule has 0 unspecified atom stereocenters. The van der Waals surface area contributed by atoms with Crippen molar-refractivity contribution in [3.8, 4) is 5.75 Å². The van der Waals surface area contributed by atoms with Crippen LogP contribution in [-0.4, -0.2) is 20.3 Å². The van der Waals surface area contributed by atoms with Crippen LogP contribution in [0.25, 0.3) is 0 Å². The Hall–Kier alpha value is -2.37. The molecule has 0 saturated carbocycles. The molecule has 6 nitrogen and oxygen atoms in total. The van der Waals surface area contributed by atoms with Crippen LogP contribution in [0.1, 0.15) is 49.2 Å². The van der Waals surface area contributed by atoms with Crippen LogP contribution in [0, 0.1) is 6.92 Å².